The normalized spacial score (nSPS) is 22.4. The van der Waals surface area contributed by atoms with Crippen LogP contribution in [0.4, 0.5) is 31.1 Å². The number of ether oxygens (including phenoxy) is 3. The molecule has 6 nitrogen and oxygen atoms in total. The number of likely N-dealkylation sites (tertiary alicyclic amines) is 1. The van der Waals surface area contributed by atoms with Crippen LogP contribution in [0.15, 0.2) is 24.3 Å². The predicted molar refractivity (Wildman–Crippen MR) is 93.4 cm³/mol. The summed E-state index contributed by atoms with van der Waals surface area (Å²) in [5.74, 6) is -0.508. The number of carbonyl (C=O) groups excluding carboxylic acids is 1. The van der Waals surface area contributed by atoms with Gasteiger partial charge in [0.15, 0.2) is 0 Å². The molecule has 1 amide bonds. The summed E-state index contributed by atoms with van der Waals surface area (Å²) in [4.78, 5) is 13.1. The van der Waals surface area contributed by atoms with E-state index in [1.54, 1.807) is 6.07 Å². The number of aliphatic hydroxyl groups is 1. The summed E-state index contributed by atoms with van der Waals surface area (Å²) in [6.45, 7) is -0.910. The largest absolute Gasteiger partial charge is 0.573 e. The van der Waals surface area contributed by atoms with Crippen LogP contribution < -0.4 is 4.74 Å². The van der Waals surface area contributed by atoms with Gasteiger partial charge >= 0.3 is 18.6 Å². The fourth-order valence-corrected chi connectivity index (χ4v) is 3.87. The molecule has 0 bridgehead atoms. The van der Waals surface area contributed by atoms with Crippen LogP contribution in [0, 0.1) is 0 Å². The van der Waals surface area contributed by atoms with E-state index >= 15 is 0 Å². The molecule has 2 aliphatic rings. The summed E-state index contributed by atoms with van der Waals surface area (Å²) < 4.78 is 89.5. The predicted octanol–water partition coefficient (Wildman–Crippen LogP) is 3.98. The van der Waals surface area contributed by atoms with E-state index in [2.05, 4.69) is 9.47 Å². The van der Waals surface area contributed by atoms with E-state index in [9.17, 15) is 31.1 Å². The summed E-state index contributed by atoms with van der Waals surface area (Å²) in [5, 5.41) is 8.79. The van der Waals surface area contributed by atoms with Crippen molar-refractivity contribution in [2.75, 3.05) is 26.3 Å². The fraction of sp³-hybridized carbons (Fsp3) is 0.632. The molecule has 2 fully saturated rings. The number of nitrogens with zero attached hydrogens (tertiary/aromatic N) is 1. The van der Waals surface area contributed by atoms with Crippen LogP contribution in [0.2, 0.25) is 0 Å². The number of amides is 1. The number of carbonyl (C=O) groups is 1. The molecule has 1 unspecified atom stereocenters. The minimum Gasteiger partial charge on any atom is -0.434 e. The van der Waals surface area contributed by atoms with Crippen LogP contribution in [0.1, 0.15) is 30.7 Å². The second-order valence-electron chi connectivity index (χ2n) is 7.60. The minimum absolute atomic E-state index is 0.0960. The molecule has 12 heteroatoms. The first-order chi connectivity index (χ1) is 14.4. The van der Waals surface area contributed by atoms with Crippen LogP contribution in [0.3, 0.4) is 0 Å². The fourth-order valence-electron chi connectivity index (χ4n) is 3.87. The highest BCUT2D eigenvalue weighted by Crippen LogP contribution is 2.43. The number of alkyl halides is 6. The molecule has 0 aromatic heterocycles. The molecule has 1 aromatic rings. The number of rotatable bonds is 4. The van der Waals surface area contributed by atoms with Crippen molar-refractivity contribution in [1.29, 1.82) is 0 Å². The Bertz CT molecular complexity index is 776. The average Bonchev–Trinajstić information content (AvgIpc) is 3.08. The third kappa shape index (κ3) is 5.94. The first-order valence-electron chi connectivity index (χ1n) is 9.54. The molecule has 31 heavy (non-hydrogen) atoms. The zero-order valence-electron chi connectivity index (χ0n) is 16.2. The Hall–Kier alpha value is -2.21. The molecular weight excluding hydrogens is 436 g/mol. The standard InChI is InChI=1S/C19H21F6NO5/c20-18(21,22)15(10-27)30-16(28)26-6-4-17(5-7-26)9-13(11-29-17)12-2-1-3-14(8-12)31-19(23,24)25/h1-3,8,13,15,27H,4-7,9-11H2/t13?,15-/m1/s1. The highest BCUT2D eigenvalue weighted by molar-refractivity contribution is 5.68. The Labute approximate surface area is 173 Å². The number of piperidine rings is 1. The lowest BCUT2D eigenvalue weighted by Crippen LogP contribution is -2.48. The van der Waals surface area contributed by atoms with E-state index in [4.69, 9.17) is 9.84 Å². The number of hydrogen-bond donors (Lipinski definition) is 1. The smallest absolute Gasteiger partial charge is 0.434 e. The van der Waals surface area contributed by atoms with Gasteiger partial charge in [-0.05, 0) is 37.0 Å². The lowest BCUT2D eigenvalue weighted by Gasteiger charge is -2.38. The molecule has 174 valence electrons. The van der Waals surface area contributed by atoms with Crippen LogP contribution in [0.25, 0.3) is 0 Å². The van der Waals surface area contributed by atoms with Crippen LogP contribution >= 0.6 is 0 Å². The number of aliphatic hydroxyl groups excluding tert-OH is 1. The van der Waals surface area contributed by atoms with Gasteiger partial charge in [0.1, 0.15) is 5.75 Å². The quantitative estimate of drug-likeness (QED) is 0.693. The summed E-state index contributed by atoms with van der Waals surface area (Å²) in [6.07, 6.45) is -12.2. The van der Waals surface area contributed by atoms with Gasteiger partial charge in [-0.3, -0.25) is 0 Å². The van der Waals surface area contributed by atoms with Gasteiger partial charge in [-0.15, -0.1) is 13.2 Å². The molecule has 2 aliphatic heterocycles. The van der Waals surface area contributed by atoms with E-state index in [0.717, 1.165) is 4.90 Å². The number of hydrogen-bond acceptors (Lipinski definition) is 5. The molecule has 1 aromatic carbocycles. The molecule has 2 atom stereocenters. The van der Waals surface area contributed by atoms with E-state index in [-0.39, 0.29) is 31.4 Å². The minimum atomic E-state index is -4.87. The van der Waals surface area contributed by atoms with Crippen molar-refractivity contribution in [2.45, 2.75) is 49.4 Å². The third-order valence-electron chi connectivity index (χ3n) is 5.48. The van der Waals surface area contributed by atoms with Gasteiger partial charge in [0, 0.05) is 19.0 Å². The third-order valence-corrected chi connectivity index (χ3v) is 5.48. The first kappa shape index (κ1) is 23.5. The highest BCUT2D eigenvalue weighted by Gasteiger charge is 2.46. The zero-order valence-corrected chi connectivity index (χ0v) is 16.2. The number of halogens is 6. The van der Waals surface area contributed by atoms with Crippen molar-refractivity contribution < 1.29 is 50.5 Å². The van der Waals surface area contributed by atoms with Crippen LogP contribution in [0.5, 0.6) is 5.75 Å². The maximum absolute atomic E-state index is 12.7. The van der Waals surface area contributed by atoms with E-state index in [1.165, 1.54) is 18.2 Å². The van der Waals surface area contributed by atoms with Gasteiger partial charge in [-0.25, -0.2) is 4.79 Å². The monoisotopic (exact) mass is 457 g/mol. The van der Waals surface area contributed by atoms with Crippen molar-refractivity contribution in [1.82, 2.24) is 4.90 Å². The lowest BCUT2D eigenvalue weighted by atomic mass is 9.83. The second-order valence-corrected chi connectivity index (χ2v) is 7.60. The Morgan fingerprint density at radius 3 is 2.48 bits per heavy atom. The van der Waals surface area contributed by atoms with Crippen LogP contribution in [-0.4, -0.2) is 66.6 Å². The summed E-state index contributed by atoms with van der Waals surface area (Å²) >= 11 is 0. The lowest BCUT2D eigenvalue weighted by molar-refractivity contribution is -0.274. The van der Waals surface area contributed by atoms with Gasteiger partial charge in [0.05, 0.1) is 18.8 Å². The highest BCUT2D eigenvalue weighted by atomic mass is 19.4. The SMILES string of the molecule is O=C(O[C@H](CO)C(F)(F)F)N1CCC2(CC1)CC(c1cccc(OC(F)(F)F)c1)CO2. The van der Waals surface area contributed by atoms with Gasteiger partial charge < -0.3 is 24.2 Å². The van der Waals surface area contributed by atoms with E-state index in [1.807, 2.05) is 0 Å². The zero-order chi connectivity index (χ0) is 22.9. The topological polar surface area (TPSA) is 68.2 Å². The van der Waals surface area contributed by atoms with Gasteiger partial charge in [-0.1, -0.05) is 12.1 Å². The first-order valence-corrected chi connectivity index (χ1v) is 9.54. The second kappa shape index (κ2) is 8.73. The Balaban J connectivity index is 1.56. The molecular formula is C19H21F6NO5. The Morgan fingerprint density at radius 2 is 1.90 bits per heavy atom. The van der Waals surface area contributed by atoms with E-state index in [0.29, 0.717) is 24.8 Å². The molecule has 0 aliphatic carbocycles. The maximum atomic E-state index is 12.7. The molecule has 1 N–H and O–H groups in total. The summed E-state index contributed by atoms with van der Waals surface area (Å²) in [7, 11) is 0. The summed E-state index contributed by atoms with van der Waals surface area (Å²) in [5.41, 5.74) is -0.000585. The van der Waals surface area contributed by atoms with Gasteiger partial charge in [-0.2, -0.15) is 13.2 Å². The van der Waals surface area contributed by atoms with Gasteiger partial charge in [0.2, 0.25) is 6.10 Å². The molecule has 3 rings (SSSR count). The van der Waals surface area contributed by atoms with Crippen molar-refractivity contribution in [3.05, 3.63) is 29.8 Å². The molecule has 0 saturated carbocycles. The van der Waals surface area contributed by atoms with Crippen molar-refractivity contribution in [2.24, 2.45) is 0 Å². The maximum Gasteiger partial charge on any atom is 0.573 e. The van der Waals surface area contributed by atoms with E-state index < -0.39 is 36.9 Å². The molecule has 2 heterocycles. The molecule has 0 radical (unpaired) electrons. The molecule has 2 saturated heterocycles. The average molecular weight is 457 g/mol. The molecule has 1 spiro atoms. The van der Waals surface area contributed by atoms with Crippen molar-refractivity contribution in [3.8, 4) is 5.75 Å². The Morgan fingerprint density at radius 1 is 1.23 bits per heavy atom. The number of benzene rings is 1. The van der Waals surface area contributed by atoms with Crippen molar-refractivity contribution >= 4 is 6.09 Å². The van der Waals surface area contributed by atoms with Crippen LogP contribution in [-0.2, 0) is 9.47 Å². The summed E-state index contributed by atoms with van der Waals surface area (Å²) in [6, 6.07) is 5.64. The Kier molecular flexibility index (Phi) is 6.61. The van der Waals surface area contributed by atoms with Crippen molar-refractivity contribution in [3.63, 3.8) is 0 Å². The van der Waals surface area contributed by atoms with Gasteiger partial charge in [0.25, 0.3) is 0 Å².